The summed E-state index contributed by atoms with van der Waals surface area (Å²) in [4.78, 5) is 19.7. The molecule has 0 spiro atoms. The highest BCUT2D eigenvalue weighted by molar-refractivity contribution is 7.89. The van der Waals surface area contributed by atoms with Crippen molar-refractivity contribution in [2.45, 2.75) is 30.6 Å². The molecule has 0 radical (unpaired) electrons. The fourth-order valence-electron chi connectivity index (χ4n) is 4.44. The van der Waals surface area contributed by atoms with Crippen LogP contribution in [0.1, 0.15) is 35.2 Å². The first-order valence-corrected chi connectivity index (χ1v) is 11.8. The monoisotopic (exact) mass is 421 g/mol. The molecular formula is C23H23N3O3S. The number of pyridine rings is 1. The quantitative estimate of drug-likeness (QED) is 0.648. The summed E-state index contributed by atoms with van der Waals surface area (Å²) in [5.74, 6) is -0.0843. The van der Waals surface area contributed by atoms with Gasteiger partial charge in [-0.2, -0.15) is 4.31 Å². The van der Waals surface area contributed by atoms with Crippen LogP contribution in [0, 0.1) is 0 Å². The molecular weight excluding hydrogens is 398 g/mol. The number of rotatable bonds is 3. The van der Waals surface area contributed by atoms with Crippen LogP contribution in [0.3, 0.4) is 0 Å². The van der Waals surface area contributed by atoms with Crippen LogP contribution in [0.25, 0.3) is 10.9 Å². The first-order chi connectivity index (χ1) is 14.6. The summed E-state index contributed by atoms with van der Waals surface area (Å²) >= 11 is 0. The maximum Gasteiger partial charge on any atom is 0.258 e. The highest BCUT2D eigenvalue weighted by atomic mass is 32.2. The van der Waals surface area contributed by atoms with Gasteiger partial charge in [0, 0.05) is 42.5 Å². The van der Waals surface area contributed by atoms with Crippen molar-refractivity contribution in [3.05, 3.63) is 65.9 Å². The van der Waals surface area contributed by atoms with Crippen LogP contribution in [0.2, 0.25) is 0 Å². The van der Waals surface area contributed by atoms with Crippen LogP contribution < -0.4 is 4.90 Å². The molecule has 1 aromatic heterocycles. The van der Waals surface area contributed by atoms with Crippen molar-refractivity contribution in [2.24, 2.45) is 0 Å². The lowest BCUT2D eigenvalue weighted by molar-refractivity contribution is 0.0991. The summed E-state index contributed by atoms with van der Waals surface area (Å²) in [5.41, 5.74) is 3.09. The number of sulfonamides is 1. The maximum absolute atomic E-state index is 13.3. The lowest BCUT2D eigenvalue weighted by atomic mass is 10.1. The predicted molar refractivity (Wildman–Crippen MR) is 116 cm³/mol. The van der Waals surface area contributed by atoms with Crippen LogP contribution in [0.4, 0.5) is 5.69 Å². The molecule has 2 aliphatic heterocycles. The summed E-state index contributed by atoms with van der Waals surface area (Å²) in [5, 5.41) is 0.822. The number of nitrogens with zero attached hydrogens (tertiary/aromatic N) is 3. The number of hydrogen-bond donors (Lipinski definition) is 0. The van der Waals surface area contributed by atoms with Gasteiger partial charge in [-0.1, -0.05) is 18.6 Å². The van der Waals surface area contributed by atoms with E-state index < -0.39 is 10.0 Å². The van der Waals surface area contributed by atoms with Gasteiger partial charge in [0.2, 0.25) is 10.0 Å². The van der Waals surface area contributed by atoms with Gasteiger partial charge in [0.05, 0.1) is 10.4 Å². The Morgan fingerprint density at radius 3 is 2.60 bits per heavy atom. The average molecular weight is 422 g/mol. The Morgan fingerprint density at radius 1 is 0.933 bits per heavy atom. The molecule has 0 saturated carbocycles. The van der Waals surface area contributed by atoms with Crippen molar-refractivity contribution in [1.29, 1.82) is 0 Å². The number of benzene rings is 2. The third kappa shape index (κ3) is 3.18. The number of hydrogen-bond acceptors (Lipinski definition) is 4. The van der Waals surface area contributed by atoms with E-state index in [9.17, 15) is 13.2 Å². The summed E-state index contributed by atoms with van der Waals surface area (Å²) in [6.07, 6.45) is 5.26. The van der Waals surface area contributed by atoms with Gasteiger partial charge in [-0.05, 0) is 61.2 Å². The second-order valence-corrected chi connectivity index (χ2v) is 9.78. The van der Waals surface area contributed by atoms with Crippen molar-refractivity contribution >= 4 is 32.5 Å². The first-order valence-electron chi connectivity index (χ1n) is 10.3. The van der Waals surface area contributed by atoms with E-state index >= 15 is 0 Å². The molecule has 2 aliphatic rings. The molecule has 154 valence electrons. The minimum Gasteiger partial charge on any atom is -0.308 e. The molecule has 3 aromatic rings. The zero-order valence-electron chi connectivity index (χ0n) is 16.6. The third-order valence-corrected chi connectivity index (χ3v) is 7.92. The Balaban J connectivity index is 1.47. The van der Waals surface area contributed by atoms with Crippen LogP contribution in [0.5, 0.6) is 0 Å². The second-order valence-electron chi connectivity index (χ2n) is 7.84. The predicted octanol–water partition coefficient (Wildman–Crippen LogP) is 3.61. The van der Waals surface area contributed by atoms with Gasteiger partial charge in [0.25, 0.3) is 5.91 Å². The fraction of sp³-hybridized carbons (Fsp3) is 0.304. The molecule has 0 bridgehead atoms. The van der Waals surface area contributed by atoms with Gasteiger partial charge in [0.1, 0.15) is 0 Å². The van der Waals surface area contributed by atoms with Crippen molar-refractivity contribution in [2.75, 3.05) is 24.5 Å². The number of amides is 1. The molecule has 5 rings (SSSR count). The van der Waals surface area contributed by atoms with Gasteiger partial charge in [-0.15, -0.1) is 0 Å². The number of carbonyl (C=O) groups excluding carboxylic acids is 1. The zero-order valence-corrected chi connectivity index (χ0v) is 17.4. The summed E-state index contributed by atoms with van der Waals surface area (Å²) in [7, 11) is -3.48. The highest BCUT2D eigenvalue weighted by Crippen LogP contribution is 2.33. The van der Waals surface area contributed by atoms with Crippen LogP contribution in [-0.2, 0) is 16.4 Å². The van der Waals surface area contributed by atoms with Gasteiger partial charge >= 0.3 is 0 Å². The Morgan fingerprint density at radius 2 is 1.77 bits per heavy atom. The normalized spacial score (nSPS) is 17.3. The maximum atomic E-state index is 13.3. The van der Waals surface area contributed by atoms with E-state index in [0.717, 1.165) is 41.4 Å². The molecule has 0 aliphatic carbocycles. The van der Waals surface area contributed by atoms with Gasteiger partial charge in [0.15, 0.2) is 0 Å². The lowest BCUT2D eigenvalue weighted by Crippen LogP contribution is -2.35. The minimum atomic E-state index is -3.48. The third-order valence-electron chi connectivity index (χ3n) is 6.02. The topological polar surface area (TPSA) is 70.6 Å². The average Bonchev–Trinajstić information content (AvgIpc) is 3.22. The zero-order chi connectivity index (χ0) is 20.7. The first kappa shape index (κ1) is 19.2. The van der Waals surface area contributed by atoms with E-state index in [0.29, 0.717) is 36.5 Å². The molecule has 3 heterocycles. The summed E-state index contributed by atoms with van der Waals surface area (Å²) in [6.45, 7) is 1.70. The standard InChI is InChI=1S/C23H23N3O3S/c27-23(20-6-4-8-21-19(20)7-5-12-24-21)26-15-11-17-16-18(9-10-22(17)26)30(28,29)25-13-2-1-3-14-25/h4-10,12,16H,1-3,11,13-15H2. The molecule has 30 heavy (non-hydrogen) atoms. The van der Waals surface area contributed by atoms with E-state index in [-0.39, 0.29) is 5.91 Å². The molecule has 2 aromatic carbocycles. The molecule has 1 saturated heterocycles. The van der Waals surface area contributed by atoms with Crippen molar-refractivity contribution in [3.8, 4) is 0 Å². The lowest BCUT2D eigenvalue weighted by Gasteiger charge is -2.26. The summed E-state index contributed by atoms with van der Waals surface area (Å²) in [6, 6.07) is 14.4. The molecule has 7 heteroatoms. The number of carbonyl (C=O) groups is 1. The molecule has 0 unspecified atom stereocenters. The molecule has 0 N–H and O–H groups in total. The van der Waals surface area contributed by atoms with Gasteiger partial charge < -0.3 is 4.90 Å². The SMILES string of the molecule is O=C(c1cccc2ncccc12)N1CCc2cc(S(=O)(=O)N3CCCCC3)ccc21. The fourth-order valence-corrected chi connectivity index (χ4v) is 6.01. The molecule has 6 nitrogen and oxygen atoms in total. The summed E-state index contributed by atoms with van der Waals surface area (Å²) < 4.78 is 27.6. The van der Waals surface area contributed by atoms with E-state index in [1.165, 1.54) is 0 Å². The van der Waals surface area contributed by atoms with Crippen LogP contribution in [-0.4, -0.2) is 43.2 Å². The second kappa shape index (κ2) is 7.49. The largest absolute Gasteiger partial charge is 0.308 e. The molecule has 0 atom stereocenters. The van der Waals surface area contributed by atoms with Crippen LogP contribution in [0.15, 0.2) is 59.6 Å². The van der Waals surface area contributed by atoms with Gasteiger partial charge in [-0.3, -0.25) is 9.78 Å². The molecule has 1 amide bonds. The van der Waals surface area contributed by atoms with E-state index in [2.05, 4.69) is 4.98 Å². The Bertz CT molecular complexity index is 1230. The van der Waals surface area contributed by atoms with E-state index in [1.807, 2.05) is 30.3 Å². The minimum absolute atomic E-state index is 0.0843. The van der Waals surface area contributed by atoms with Gasteiger partial charge in [-0.25, -0.2) is 8.42 Å². The number of anilines is 1. The number of aromatic nitrogens is 1. The Hall–Kier alpha value is -2.77. The number of fused-ring (bicyclic) bond motifs is 2. The van der Waals surface area contributed by atoms with Crippen molar-refractivity contribution in [1.82, 2.24) is 9.29 Å². The number of piperidine rings is 1. The van der Waals surface area contributed by atoms with E-state index in [4.69, 9.17) is 0 Å². The smallest absolute Gasteiger partial charge is 0.258 e. The van der Waals surface area contributed by atoms with Crippen molar-refractivity contribution in [3.63, 3.8) is 0 Å². The van der Waals surface area contributed by atoms with Crippen molar-refractivity contribution < 1.29 is 13.2 Å². The van der Waals surface area contributed by atoms with E-state index in [1.54, 1.807) is 33.6 Å². The Kier molecular flexibility index (Phi) is 4.79. The van der Waals surface area contributed by atoms with Crippen LogP contribution >= 0.6 is 0 Å². The highest BCUT2D eigenvalue weighted by Gasteiger charge is 2.30. The Labute approximate surface area is 176 Å². The molecule has 1 fully saturated rings.